The second kappa shape index (κ2) is 7.33. The van der Waals surface area contributed by atoms with E-state index in [2.05, 4.69) is 85.8 Å². The SMILES string of the molecule is CCCc1cccc(P(c2ccccc2)c2ccccc2)n1. The first-order valence-corrected chi connectivity index (χ1v) is 9.09. The molecule has 0 spiro atoms. The number of aromatic nitrogens is 1. The molecule has 1 aromatic heterocycles. The van der Waals surface area contributed by atoms with Crippen LogP contribution in [-0.2, 0) is 6.42 Å². The number of hydrogen-bond acceptors (Lipinski definition) is 1. The summed E-state index contributed by atoms with van der Waals surface area (Å²) in [6.45, 7) is 2.20. The smallest absolute Gasteiger partial charge is 0.0724 e. The maximum atomic E-state index is 4.94. The Morgan fingerprint density at radius 3 is 1.86 bits per heavy atom. The molecule has 0 aliphatic carbocycles. The van der Waals surface area contributed by atoms with Gasteiger partial charge >= 0.3 is 0 Å². The molecule has 0 saturated heterocycles. The summed E-state index contributed by atoms with van der Waals surface area (Å²) in [5, 5.41) is 2.70. The molecule has 0 atom stereocenters. The lowest BCUT2D eigenvalue weighted by Gasteiger charge is -2.18. The Morgan fingerprint density at radius 1 is 0.727 bits per heavy atom. The van der Waals surface area contributed by atoms with Crippen molar-refractivity contribution in [3.05, 3.63) is 84.6 Å². The first-order chi connectivity index (χ1) is 10.9. The van der Waals surface area contributed by atoms with E-state index in [1.165, 1.54) is 21.7 Å². The zero-order chi connectivity index (χ0) is 15.2. The molecule has 0 amide bonds. The fourth-order valence-electron chi connectivity index (χ4n) is 2.55. The Labute approximate surface area is 133 Å². The van der Waals surface area contributed by atoms with Gasteiger partial charge in [-0.15, -0.1) is 0 Å². The molecule has 0 radical (unpaired) electrons. The second-order valence-electron chi connectivity index (χ2n) is 5.24. The van der Waals surface area contributed by atoms with Crippen molar-refractivity contribution in [1.29, 1.82) is 0 Å². The van der Waals surface area contributed by atoms with Crippen molar-refractivity contribution in [2.45, 2.75) is 19.8 Å². The lowest BCUT2D eigenvalue weighted by atomic mass is 10.2. The number of rotatable bonds is 5. The van der Waals surface area contributed by atoms with Crippen LogP contribution in [0, 0.1) is 0 Å². The van der Waals surface area contributed by atoms with Gasteiger partial charge in [-0.25, -0.2) is 0 Å². The second-order valence-corrected chi connectivity index (χ2v) is 7.41. The van der Waals surface area contributed by atoms with E-state index < -0.39 is 7.92 Å². The molecule has 22 heavy (non-hydrogen) atoms. The first kappa shape index (κ1) is 14.9. The molecule has 0 aliphatic rings. The van der Waals surface area contributed by atoms with E-state index in [1.54, 1.807) is 0 Å². The van der Waals surface area contributed by atoms with Crippen LogP contribution in [0.2, 0.25) is 0 Å². The maximum absolute atomic E-state index is 4.94. The summed E-state index contributed by atoms with van der Waals surface area (Å²) in [5.41, 5.74) is 2.39. The molecule has 1 nitrogen and oxygen atoms in total. The average molecular weight is 305 g/mol. The van der Waals surface area contributed by atoms with E-state index in [0.29, 0.717) is 0 Å². The highest BCUT2D eigenvalue weighted by Crippen LogP contribution is 2.31. The van der Waals surface area contributed by atoms with Crippen molar-refractivity contribution in [2.75, 3.05) is 0 Å². The Bertz CT molecular complexity index is 671. The van der Waals surface area contributed by atoms with Crippen molar-refractivity contribution in [3.63, 3.8) is 0 Å². The van der Waals surface area contributed by atoms with E-state index in [1.807, 2.05) is 0 Å². The summed E-state index contributed by atoms with van der Waals surface area (Å²) < 4.78 is 0. The van der Waals surface area contributed by atoms with Crippen LogP contribution in [0.4, 0.5) is 0 Å². The zero-order valence-electron chi connectivity index (χ0n) is 12.8. The fraction of sp³-hybridized carbons (Fsp3) is 0.150. The largest absolute Gasteiger partial charge is 0.252 e. The molecule has 0 bridgehead atoms. The van der Waals surface area contributed by atoms with Crippen molar-refractivity contribution < 1.29 is 0 Å². The Kier molecular flexibility index (Phi) is 4.98. The van der Waals surface area contributed by atoms with Crippen LogP contribution in [-0.4, -0.2) is 4.98 Å². The fourth-order valence-corrected chi connectivity index (χ4v) is 4.79. The molecule has 2 heteroatoms. The van der Waals surface area contributed by atoms with Crippen LogP contribution in [0.5, 0.6) is 0 Å². The summed E-state index contributed by atoms with van der Waals surface area (Å²) in [5.74, 6) is 0. The van der Waals surface area contributed by atoms with Gasteiger partial charge in [0.2, 0.25) is 0 Å². The van der Waals surface area contributed by atoms with E-state index in [-0.39, 0.29) is 0 Å². The monoisotopic (exact) mass is 305 g/mol. The summed E-state index contributed by atoms with van der Waals surface area (Å²) >= 11 is 0. The number of benzene rings is 2. The van der Waals surface area contributed by atoms with Crippen LogP contribution in [0.25, 0.3) is 0 Å². The molecule has 0 fully saturated rings. The van der Waals surface area contributed by atoms with Crippen LogP contribution in [0.15, 0.2) is 78.9 Å². The van der Waals surface area contributed by atoms with Gasteiger partial charge in [0.25, 0.3) is 0 Å². The molecule has 1 heterocycles. The molecule has 2 aromatic carbocycles. The Balaban J connectivity index is 2.08. The van der Waals surface area contributed by atoms with Gasteiger partial charge in [0, 0.05) is 13.6 Å². The molecule has 3 rings (SSSR count). The normalized spacial score (nSPS) is 10.8. The average Bonchev–Trinajstić information content (AvgIpc) is 2.58. The van der Waals surface area contributed by atoms with E-state index in [9.17, 15) is 0 Å². The third-order valence-electron chi connectivity index (χ3n) is 3.56. The van der Waals surface area contributed by atoms with Gasteiger partial charge < -0.3 is 0 Å². The van der Waals surface area contributed by atoms with Gasteiger partial charge in [0.15, 0.2) is 0 Å². The lowest BCUT2D eigenvalue weighted by Crippen LogP contribution is -2.23. The summed E-state index contributed by atoms with van der Waals surface area (Å²) in [6, 6.07) is 27.9. The maximum Gasteiger partial charge on any atom is 0.0724 e. The minimum absolute atomic E-state index is 0.584. The molecular formula is C20H20NP. The molecule has 0 N–H and O–H groups in total. The van der Waals surface area contributed by atoms with E-state index in [0.717, 1.165) is 12.8 Å². The topological polar surface area (TPSA) is 12.9 Å². The minimum Gasteiger partial charge on any atom is -0.252 e. The van der Waals surface area contributed by atoms with Gasteiger partial charge in [-0.3, -0.25) is 4.98 Å². The van der Waals surface area contributed by atoms with Gasteiger partial charge in [-0.1, -0.05) is 80.1 Å². The van der Waals surface area contributed by atoms with Crippen LogP contribution in [0.3, 0.4) is 0 Å². The van der Waals surface area contributed by atoms with Crippen molar-refractivity contribution >= 4 is 24.0 Å². The van der Waals surface area contributed by atoms with Gasteiger partial charge in [-0.2, -0.15) is 0 Å². The van der Waals surface area contributed by atoms with E-state index >= 15 is 0 Å². The minimum atomic E-state index is -0.584. The summed E-state index contributed by atoms with van der Waals surface area (Å²) in [7, 11) is -0.584. The standard InChI is InChI=1S/C20H20NP/c1-2-10-17-11-9-16-20(21-17)22(18-12-5-3-6-13-18)19-14-7-4-8-15-19/h3-9,11-16H,2,10H2,1H3. The van der Waals surface area contributed by atoms with Gasteiger partial charge in [-0.05, 0) is 29.2 Å². The lowest BCUT2D eigenvalue weighted by molar-refractivity contribution is 0.887. The molecular weight excluding hydrogens is 285 g/mol. The molecule has 3 aromatic rings. The Hall–Kier alpha value is -1.98. The van der Waals surface area contributed by atoms with Gasteiger partial charge in [0.05, 0.1) is 5.44 Å². The molecule has 0 saturated carbocycles. The summed E-state index contributed by atoms with van der Waals surface area (Å²) in [6.07, 6.45) is 2.17. The highest BCUT2D eigenvalue weighted by molar-refractivity contribution is 7.79. The number of pyridine rings is 1. The van der Waals surface area contributed by atoms with Gasteiger partial charge in [0.1, 0.15) is 0 Å². The van der Waals surface area contributed by atoms with Crippen molar-refractivity contribution in [1.82, 2.24) is 4.98 Å². The molecule has 110 valence electrons. The number of nitrogens with zero attached hydrogens (tertiary/aromatic N) is 1. The molecule has 0 aliphatic heterocycles. The summed E-state index contributed by atoms with van der Waals surface area (Å²) in [4.78, 5) is 4.94. The van der Waals surface area contributed by atoms with Crippen LogP contribution >= 0.6 is 7.92 Å². The van der Waals surface area contributed by atoms with Crippen LogP contribution in [0.1, 0.15) is 19.0 Å². The predicted octanol–water partition coefficient (Wildman–Crippen LogP) is 3.79. The van der Waals surface area contributed by atoms with Crippen molar-refractivity contribution in [3.8, 4) is 0 Å². The zero-order valence-corrected chi connectivity index (χ0v) is 13.7. The Morgan fingerprint density at radius 2 is 1.32 bits per heavy atom. The van der Waals surface area contributed by atoms with E-state index in [4.69, 9.17) is 4.98 Å². The van der Waals surface area contributed by atoms with Crippen molar-refractivity contribution in [2.24, 2.45) is 0 Å². The first-order valence-electron chi connectivity index (χ1n) is 7.74. The number of aryl methyl sites for hydroxylation is 1. The highest BCUT2D eigenvalue weighted by atomic mass is 31.1. The third kappa shape index (κ3) is 3.43. The quantitative estimate of drug-likeness (QED) is 0.654. The number of hydrogen-bond donors (Lipinski definition) is 0. The predicted molar refractivity (Wildman–Crippen MR) is 96.9 cm³/mol. The highest BCUT2D eigenvalue weighted by Gasteiger charge is 2.17. The van der Waals surface area contributed by atoms with Crippen LogP contribution < -0.4 is 16.0 Å². The molecule has 0 unspecified atom stereocenters. The third-order valence-corrected chi connectivity index (χ3v) is 5.89.